The van der Waals surface area contributed by atoms with Crippen molar-refractivity contribution in [3.63, 3.8) is 0 Å². The fourth-order valence-corrected chi connectivity index (χ4v) is 1.55. The van der Waals surface area contributed by atoms with Gasteiger partial charge in [0.05, 0.1) is 6.61 Å². The van der Waals surface area contributed by atoms with Gasteiger partial charge in [-0.15, -0.1) is 0 Å². The normalized spacial score (nSPS) is 9.89. The molecule has 1 rings (SSSR count). The predicted octanol–water partition coefficient (Wildman–Crippen LogP) is -0.673. The van der Waals surface area contributed by atoms with Crippen LogP contribution in [-0.4, -0.2) is 44.7 Å². The maximum atomic E-state index is 11.4. The Balaban J connectivity index is 0.00000324. The average Bonchev–Trinajstić information content (AvgIpc) is 2.34. The fourth-order valence-electron chi connectivity index (χ4n) is 1.28. The zero-order valence-electron chi connectivity index (χ0n) is 11.1. The molecule has 0 N–H and O–H groups in total. The van der Waals surface area contributed by atoms with Crippen molar-refractivity contribution in [1.82, 2.24) is 4.90 Å². The van der Waals surface area contributed by atoms with Crippen LogP contribution in [0.5, 0.6) is 5.75 Å². The van der Waals surface area contributed by atoms with Crippen LogP contribution in [0, 0.1) is 0 Å². The van der Waals surface area contributed by atoms with Gasteiger partial charge in [-0.1, -0.05) is 15.9 Å². The van der Waals surface area contributed by atoms with Crippen LogP contribution in [0.2, 0.25) is 0 Å². The largest absolute Gasteiger partial charge is 1.00 e. The van der Waals surface area contributed by atoms with Gasteiger partial charge >= 0.3 is 5.97 Å². The second-order valence-electron chi connectivity index (χ2n) is 4.12. The van der Waals surface area contributed by atoms with Crippen molar-refractivity contribution >= 4 is 21.9 Å². The molecule has 0 aromatic heterocycles. The summed E-state index contributed by atoms with van der Waals surface area (Å²) in [5, 5.41) is 0. The molecule has 1 aromatic carbocycles. The van der Waals surface area contributed by atoms with Gasteiger partial charge in [0, 0.05) is 11.0 Å². The molecule has 1 aromatic rings. The number of halogens is 2. The number of esters is 1. The van der Waals surface area contributed by atoms with E-state index >= 15 is 0 Å². The number of nitrogens with zero attached hydrogens (tertiary/aromatic N) is 1. The molecule has 0 aliphatic rings. The van der Waals surface area contributed by atoms with Gasteiger partial charge in [-0.2, -0.15) is 0 Å². The highest BCUT2D eigenvalue weighted by Crippen LogP contribution is 2.15. The van der Waals surface area contributed by atoms with Gasteiger partial charge in [-0.3, -0.25) is 0 Å². The van der Waals surface area contributed by atoms with E-state index in [0.717, 1.165) is 17.4 Å². The summed E-state index contributed by atoms with van der Waals surface area (Å²) in [6.07, 6.45) is 0.830. The van der Waals surface area contributed by atoms with Crippen molar-refractivity contribution in [3.8, 4) is 5.75 Å². The van der Waals surface area contributed by atoms with Crippen LogP contribution in [0.25, 0.3) is 0 Å². The van der Waals surface area contributed by atoms with E-state index in [1.54, 1.807) is 12.1 Å². The Morgan fingerprint density at radius 3 is 2.47 bits per heavy atom. The highest BCUT2D eigenvalue weighted by Gasteiger charge is 2.04. The maximum Gasteiger partial charge on any atom is 0.344 e. The predicted molar refractivity (Wildman–Crippen MR) is 73.8 cm³/mol. The maximum absolute atomic E-state index is 11.4. The molecule has 0 bridgehead atoms. The summed E-state index contributed by atoms with van der Waals surface area (Å²) in [7, 11) is 3.97. The first kappa shape index (κ1) is 18.2. The first-order valence-corrected chi connectivity index (χ1v) is 6.56. The van der Waals surface area contributed by atoms with Crippen molar-refractivity contribution in [2.75, 3.05) is 33.9 Å². The molecular weight excluding hydrogens is 334 g/mol. The minimum Gasteiger partial charge on any atom is -1.00 e. The third-order valence-corrected chi connectivity index (χ3v) is 2.71. The Kier molecular flexibility index (Phi) is 9.65. The van der Waals surface area contributed by atoms with Crippen LogP contribution in [0.15, 0.2) is 28.7 Å². The zero-order chi connectivity index (χ0) is 13.4. The lowest BCUT2D eigenvalue weighted by atomic mass is 10.3. The number of benzene rings is 1. The van der Waals surface area contributed by atoms with Gasteiger partial charge in [-0.25, -0.2) is 4.79 Å². The van der Waals surface area contributed by atoms with E-state index in [0.29, 0.717) is 12.4 Å². The molecule has 0 aliphatic heterocycles. The summed E-state index contributed by atoms with van der Waals surface area (Å²) in [5.74, 6) is 0.320. The molecular formula is C13H18BrClNO3-. The van der Waals surface area contributed by atoms with Crippen molar-refractivity contribution in [1.29, 1.82) is 0 Å². The monoisotopic (exact) mass is 350 g/mol. The molecule has 0 fully saturated rings. The Bertz CT molecular complexity index is 371. The van der Waals surface area contributed by atoms with Gasteiger partial charge in [0.1, 0.15) is 5.75 Å². The quantitative estimate of drug-likeness (QED) is 0.482. The Hall–Kier alpha value is -0.780. The standard InChI is InChI=1S/C13H18BrNO3.ClH/c1-15(2)8-3-9-17-13(16)10-18-12-6-4-11(14)5-7-12;/h4-7H,3,8-10H2,1-2H3;1H/p-1. The van der Waals surface area contributed by atoms with Crippen LogP contribution >= 0.6 is 15.9 Å². The highest BCUT2D eigenvalue weighted by atomic mass is 79.9. The van der Waals surface area contributed by atoms with Crippen LogP contribution in [0.3, 0.4) is 0 Å². The minimum atomic E-state index is -0.336. The molecule has 0 amide bonds. The molecule has 0 spiro atoms. The minimum absolute atomic E-state index is 0. The van der Waals surface area contributed by atoms with Crippen molar-refractivity contribution in [3.05, 3.63) is 28.7 Å². The van der Waals surface area contributed by atoms with Crippen molar-refractivity contribution in [2.24, 2.45) is 0 Å². The SMILES string of the molecule is CN(C)CCCOC(=O)COc1ccc(Br)cc1.[Cl-]. The first-order chi connectivity index (χ1) is 8.58. The number of carbonyl (C=O) groups is 1. The summed E-state index contributed by atoms with van der Waals surface area (Å²) >= 11 is 3.33. The van der Waals surface area contributed by atoms with Crippen molar-refractivity contribution < 1.29 is 26.7 Å². The van der Waals surface area contributed by atoms with Crippen LogP contribution < -0.4 is 17.1 Å². The van der Waals surface area contributed by atoms with Crippen LogP contribution in [0.4, 0.5) is 0 Å². The number of ether oxygens (including phenoxy) is 2. The number of carbonyl (C=O) groups excluding carboxylic acids is 1. The van der Waals surface area contributed by atoms with E-state index < -0.39 is 0 Å². The molecule has 6 heteroatoms. The number of rotatable bonds is 7. The van der Waals surface area contributed by atoms with Crippen molar-refractivity contribution in [2.45, 2.75) is 6.42 Å². The third-order valence-electron chi connectivity index (χ3n) is 2.18. The summed E-state index contributed by atoms with van der Waals surface area (Å²) < 4.78 is 11.3. The van der Waals surface area contributed by atoms with E-state index in [1.807, 2.05) is 31.1 Å². The van der Waals surface area contributed by atoms with Gasteiger partial charge in [0.15, 0.2) is 6.61 Å². The number of hydrogen-bond donors (Lipinski definition) is 0. The topological polar surface area (TPSA) is 38.8 Å². The van der Waals surface area contributed by atoms with Gasteiger partial charge in [0.25, 0.3) is 0 Å². The molecule has 0 aliphatic carbocycles. The van der Waals surface area contributed by atoms with Gasteiger partial charge < -0.3 is 26.8 Å². The Labute approximate surface area is 128 Å². The summed E-state index contributed by atoms with van der Waals surface area (Å²) in [6, 6.07) is 7.31. The molecule has 0 atom stereocenters. The lowest BCUT2D eigenvalue weighted by Crippen LogP contribution is -3.00. The molecule has 108 valence electrons. The molecule has 0 heterocycles. The molecule has 4 nitrogen and oxygen atoms in total. The Morgan fingerprint density at radius 2 is 1.89 bits per heavy atom. The van der Waals surface area contributed by atoms with Crippen LogP contribution in [0.1, 0.15) is 6.42 Å². The fraction of sp³-hybridized carbons (Fsp3) is 0.462. The Morgan fingerprint density at radius 1 is 1.26 bits per heavy atom. The summed E-state index contributed by atoms with van der Waals surface area (Å²) in [5.41, 5.74) is 0. The second-order valence-corrected chi connectivity index (χ2v) is 5.04. The molecule has 0 saturated carbocycles. The van der Waals surface area contributed by atoms with E-state index in [2.05, 4.69) is 15.9 Å². The van der Waals surface area contributed by atoms with E-state index in [9.17, 15) is 4.79 Å². The van der Waals surface area contributed by atoms with Gasteiger partial charge in [-0.05, 0) is 44.8 Å². The molecule has 0 unspecified atom stereocenters. The molecule has 19 heavy (non-hydrogen) atoms. The summed E-state index contributed by atoms with van der Waals surface area (Å²) in [4.78, 5) is 13.4. The average molecular weight is 352 g/mol. The van der Waals surface area contributed by atoms with E-state index in [1.165, 1.54) is 0 Å². The lowest BCUT2D eigenvalue weighted by molar-refractivity contribution is -0.146. The van der Waals surface area contributed by atoms with Crippen LogP contribution in [-0.2, 0) is 9.53 Å². The third kappa shape index (κ3) is 8.86. The second kappa shape index (κ2) is 10.1. The summed E-state index contributed by atoms with van der Waals surface area (Å²) in [6.45, 7) is 1.28. The van der Waals surface area contributed by atoms with E-state index in [4.69, 9.17) is 9.47 Å². The first-order valence-electron chi connectivity index (χ1n) is 5.76. The zero-order valence-corrected chi connectivity index (χ0v) is 13.4. The molecule has 0 radical (unpaired) electrons. The van der Waals surface area contributed by atoms with E-state index in [-0.39, 0.29) is 25.0 Å². The smallest absolute Gasteiger partial charge is 0.344 e. The molecule has 0 saturated heterocycles. The number of hydrogen-bond acceptors (Lipinski definition) is 4. The lowest BCUT2D eigenvalue weighted by Gasteiger charge is -2.10. The van der Waals surface area contributed by atoms with Gasteiger partial charge in [0.2, 0.25) is 0 Å². The highest BCUT2D eigenvalue weighted by molar-refractivity contribution is 9.10.